The van der Waals surface area contributed by atoms with Gasteiger partial charge in [-0.15, -0.1) is 0 Å². The molecule has 0 bridgehead atoms. The topological polar surface area (TPSA) is 38.8 Å². The molecule has 1 amide bonds. The van der Waals surface area contributed by atoms with E-state index < -0.39 is 11.7 Å². The second-order valence-electron chi connectivity index (χ2n) is 7.65. The van der Waals surface area contributed by atoms with E-state index in [0.717, 1.165) is 17.7 Å². The Morgan fingerprint density at radius 2 is 1.47 bits per heavy atom. The van der Waals surface area contributed by atoms with E-state index in [-0.39, 0.29) is 12.3 Å². The van der Waals surface area contributed by atoms with Crippen LogP contribution in [0.5, 0.6) is 11.5 Å². The predicted molar refractivity (Wildman–Crippen MR) is 126 cm³/mol. The summed E-state index contributed by atoms with van der Waals surface area (Å²) < 4.78 is 50.0. The number of carbonyl (C=O) groups is 1. The number of hydrogen-bond donors (Lipinski definition) is 0. The van der Waals surface area contributed by atoms with E-state index in [1.54, 1.807) is 23.1 Å². The number of nitrogens with zero attached hydrogens (tertiary/aromatic N) is 1. The first-order chi connectivity index (χ1) is 16.3. The lowest BCUT2D eigenvalue weighted by atomic mass is 10.1. The molecule has 3 aromatic carbocycles. The number of benzene rings is 3. The maximum absolute atomic E-state index is 13.3. The van der Waals surface area contributed by atoms with Gasteiger partial charge in [-0.05, 0) is 55.7 Å². The van der Waals surface area contributed by atoms with Crippen molar-refractivity contribution in [3.8, 4) is 11.5 Å². The Balaban J connectivity index is 1.86. The summed E-state index contributed by atoms with van der Waals surface area (Å²) in [6.45, 7) is 4.96. The van der Waals surface area contributed by atoms with E-state index in [9.17, 15) is 18.0 Å². The van der Waals surface area contributed by atoms with Crippen molar-refractivity contribution in [2.75, 3.05) is 24.7 Å². The fraction of sp³-hybridized carbons (Fsp3) is 0.296. The van der Waals surface area contributed by atoms with E-state index in [2.05, 4.69) is 0 Å². The molecule has 3 rings (SSSR count). The zero-order valence-corrected chi connectivity index (χ0v) is 19.3. The summed E-state index contributed by atoms with van der Waals surface area (Å²) >= 11 is 0. The number of rotatable bonds is 10. The zero-order chi connectivity index (χ0) is 24.6. The molecule has 0 spiro atoms. The van der Waals surface area contributed by atoms with Gasteiger partial charge in [0.15, 0.2) is 11.5 Å². The van der Waals surface area contributed by atoms with Crippen LogP contribution in [-0.2, 0) is 23.8 Å². The Morgan fingerprint density at radius 3 is 2.09 bits per heavy atom. The number of halogens is 3. The monoisotopic (exact) mass is 471 g/mol. The molecule has 0 saturated carbocycles. The SMILES string of the molecule is CCOc1ccc(N(CCc2ccc(C(F)(F)F)cc2)C(=O)Cc2ccccc2)cc1OCC. The van der Waals surface area contributed by atoms with Gasteiger partial charge in [0.25, 0.3) is 0 Å². The third kappa shape index (κ3) is 6.76. The highest BCUT2D eigenvalue weighted by molar-refractivity contribution is 5.95. The van der Waals surface area contributed by atoms with Crippen molar-refractivity contribution in [2.24, 2.45) is 0 Å². The lowest BCUT2D eigenvalue weighted by Crippen LogP contribution is -2.34. The number of amides is 1. The Kier molecular flexibility index (Phi) is 8.57. The van der Waals surface area contributed by atoms with Crippen molar-refractivity contribution < 1.29 is 27.4 Å². The lowest BCUT2D eigenvalue weighted by molar-refractivity contribution is -0.137. The minimum atomic E-state index is -4.38. The van der Waals surface area contributed by atoms with Crippen LogP contribution in [-0.4, -0.2) is 25.7 Å². The maximum Gasteiger partial charge on any atom is 0.416 e. The van der Waals surface area contributed by atoms with E-state index in [1.165, 1.54) is 12.1 Å². The third-order valence-electron chi connectivity index (χ3n) is 5.24. The highest BCUT2D eigenvalue weighted by Crippen LogP contribution is 2.33. The third-order valence-corrected chi connectivity index (χ3v) is 5.24. The van der Waals surface area contributed by atoms with Gasteiger partial charge in [0, 0.05) is 18.3 Å². The molecule has 3 aromatic rings. The van der Waals surface area contributed by atoms with Crippen LogP contribution >= 0.6 is 0 Å². The molecule has 0 radical (unpaired) electrons. The van der Waals surface area contributed by atoms with E-state index in [0.29, 0.717) is 48.9 Å². The van der Waals surface area contributed by atoms with E-state index >= 15 is 0 Å². The Hall–Kier alpha value is -3.48. The summed E-state index contributed by atoms with van der Waals surface area (Å²) in [4.78, 5) is 14.9. The highest BCUT2D eigenvalue weighted by Gasteiger charge is 2.30. The van der Waals surface area contributed by atoms with Crippen LogP contribution in [0.4, 0.5) is 18.9 Å². The molecule has 0 heterocycles. The van der Waals surface area contributed by atoms with Crippen molar-refractivity contribution in [2.45, 2.75) is 32.9 Å². The second-order valence-corrected chi connectivity index (χ2v) is 7.65. The fourth-order valence-corrected chi connectivity index (χ4v) is 3.57. The molecular weight excluding hydrogens is 443 g/mol. The molecule has 0 aliphatic carbocycles. The first-order valence-corrected chi connectivity index (χ1v) is 11.2. The summed E-state index contributed by atoms with van der Waals surface area (Å²) in [5.74, 6) is 1.00. The number of carbonyl (C=O) groups excluding carboxylic acids is 1. The number of anilines is 1. The van der Waals surface area contributed by atoms with Gasteiger partial charge in [-0.25, -0.2) is 0 Å². The smallest absolute Gasteiger partial charge is 0.416 e. The molecule has 0 saturated heterocycles. The van der Waals surface area contributed by atoms with Gasteiger partial charge in [0.05, 0.1) is 25.2 Å². The van der Waals surface area contributed by atoms with Crippen molar-refractivity contribution >= 4 is 11.6 Å². The summed E-state index contributed by atoms with van der Waals surface area (Å²) in [7, 11) is 0. The normalized spacial score (nSPS) is 11.2. The minimum absolute atomic E-state index is 0.121. The molecule has 0 aliphatic heterocycles. The van der Waals surface area contributed by atoms with Crippen LogP contribution in [0, 0.1) is 0 Å². The molecule has 7 heteroatoms. The van der Waals surface area contributed by atoms with Gasteiger partial charge in [-0.3, -0.25) is 4.79 Å². The summed E-state index contributed by atoms with van der Waals surface area (Å²) in [6.07, 6.45) is -3.78. The quantitative estimate of drug-likeness (QED) is 0.347. The van der Waals surface area contributed by atoms with Crippen molar-refractivity contribution in [1.82, 2.24) is 0 Å². The highest BCUT2D eigenvalue weighted by atomic mass is 19.4. The molecule has 0 N–H and O–H groups in total. The van der Waals surface area contributed by atoms with Crippen LogP contribution in [0.25, 0.3) is 0 Å². The Morgan fingerprint density at radius 1 is 0.824 bits per heavy atom. The average molecular weight is 472 g/mol. The van der Waals surface area contributed by atoms with Gasteiger partial charge >= 0.3 is 6.18 Å². The van der Waals surface area contributed by atoms with Gasteiger partial charge < -0.3 is 14.4 Å². The summed E-state index contributed by atoms with van der Waals surface area (Å²) in [5, 5.41) is 0. The molecule has 4 nitrogen and oxygen atoms in total. The lowest BCUT2D eigenvalue weighted by Gasteiger charge is -2.24. The van der Waals surface area contributed by atoms with Crippen LogP contribution in [0.1, 0.15) is 30.5 Å². The van der Waals surface area contributed by atoms with Crippen LogP contribution < -0.4 is 14.4 Å². The summed E-state index contributed by atoms with van der Waals surface area (Å²) in [5.41, 5.74) is 1.53. The van der Waals surface area contributed by atoms with Crippen molar-refractivity contribution in [1.29, 1.82) is 0 Å². The molecule has 0 aromatic heterocycles. The van der Waals surface area contributed by atoms with Gasteiger partial charge in [-0.1, -0.05) is 42.5 Å². The van der Waals surface area contributed by atoms with Gasteiger partial charge in [0.1, 0.15) is 0 Å². The Labute approximate surface area is 197 Å². The fourth-order valence-electron chi connectivity index (χ4n) is 3.57. The Bertz CT molecular complexity index is 1070. The van der Waals surface area contributed by atoms with Crippen LogP contribution in [0.2, 0.25) is 0 Å². The summed E-state index contributed by atoms with van der Waals surface area (Å²) in [6, 6.07) is 19.8. The van der Waals surface area contributed by atoms with Gasteiger partial charge in [0.2, 0.25) is 5.91 Å². The maximum atomic E-state index is 13.3. The first-order valence-electron chi connectivity index (χ1n) is 11.2. The van der Waals surface area contributed by atoms with Gasteiger partial charge in [-0.2, -0.15) is 13.2 Å². The molecule has 0 fully saturated rings. The van der Waals surface area contributed by atoms with Crippen LogP contribution in [0.3, 0.4) is 0 Å². The first kappa shape index (κ1) is 25.1. The number of hydrogen-bond acceptors (Lipinski definition) is 3. The number of ether oxygens (including phenoxy) is 2. The average Bonchev–Trinajstić information content (AvgIpc) is 2.81. The molecule has 0 atom stereocenters. The van der Waals surface area contributed by atoms with Crippen molar-refractivity contribution in [3.05, 3.63) is 89.5 Å². The minimum Gasteiger partial charge on any atom is -0.490 e. The molecule has 180 valence electrons. The standard InChI is InChI=1S/C27H28F3NO3/c1-3-33-24-15-14-23(19-25(24)34-4-2)31(26(32)18-21-8-6-5-7-9-21)17-16-20-10-12-22(13-11-20)27(28,29)30/h5-15,19H,3-4,16-18H2,1-2H3. The van der Waals surface area contributed by atoms with Crippen LogP contribution in [0.15, 0.2) is 72.8 Å². The largest absolute Gasteiger partial charge is 0.490 e. The molecule has 0 unspecified atom stereocenters. The molecule has 0 aliphatic rings. The van der Waals surface area contributed by atoms with E-state index in [1.807, 2.05) is 44.2 Å². The number of alkyl halides is 3. The molecule has 34 heavy (non-hydrogen) atoms. The second kappa shape index (κ2) is 11.6. The predicted octanol–water partition coefficient (Wildman–Crippen LogP) is 6.32. The zero-order valence-electron chi connectivity index (χ0n) is 19.3. The van der Waals surface area contributed by atoms with E-state index in [4.69, 9.17) is 9.47 Å². The van der Waals surface area contributed by atoms with Crippen molar-refractivity contribution in [3.63, 3.8) is 0 Å². The molecular formula is C27H28F3NO3.